The van der Waals surface area contributed by atoms with Crippen LogP contribution in [0.25, 0.3) is 0 Å². The Morgan fingerprint density at radius 1 is 0.269 bits per heavy atom. The maximum absolute atomic E-state index is 12.9. The zero-order valence-electron chi connectivity index (χ0n) is 50.6. The zero-order valence-corrected chi connectivity index (χ0v) is 50.6. The molecule has 0 spiro atoms. The molecule has 0 aliphatic rings. The smallest absolute Gasteiger partial charge is 0.306 e. The minimum absolute atomic E-state index is 0.0906. The molecule has 0 amide bonds. The second kappa shape index (κ2) is 65.1. The van der Waals surface area contributed by atoms with Crippen LogP contribution in [0, 0.1) is 0 Å². The summed E-state index contributed by atoms with van der Waals surface area (Å²) < 4.78 is 16.9. The number of hydrogen-bond donors (Lipinski definition) is 0. The quantitative estimate of drug-likeness (QED) is 0.0261. The van der Waals surface area contributed by atoms with E-state index in [1.165, 1.54) is 103 Å². The molecule has 0 aliphatic heterocycles. The van der Waals surface area contributed by atoms with E-state index in [-0.39, 0.29) is 31.1 Å². The van der Waals surface area contributed by atoms with Crippen molar-refractivity contribution >= 4 is 17.9 Å². The summed E-state index contributed by atoms with van der Waals surface area (Å²) in [5.41, 5.74) is 0. The van der Waals surface area contributed by atoms with Crippen LogP contribution < -0.4 is 0 Å². The first-order valence-electron chi connectivity index (χ1n) is 32.2. The van der Waals surface area contributed by atoms with Crippen molar-refractivity contribution < 1.29 is 28.6 Å². The van der Waals surface area contributed by atoms with Crippen LogP contribution in [0.1, 0.15) is 284 Å². The molecule has 0 rings (SSSR count). The molecule has 442 valence electrons. The highest BCUT2D eigenvalue weighted by Crippen LogP contribution is 2.15. The monoisotopic (exact) mass is 1080 g/mol. The molecule has 1 unspecified atom stereocenters. The molecule has 0 radical (unpaired) electrons. The Morgan fingerprint density at radius 2 is 0.500 bits per heavy atom. The highest BCUT2D eigenvalue weighted by Gasteiger charge is 2.19. The van der Waals surface area contributed by atoms with Gasteiger partial charge in [0.25, 0.3) is 0 Å². The third kappa shape index (κ3) is 62.4. The molecule has 1 atom stereocenters. The number of allylic oxidation sites excluding steroid dienone is 22. The average molecular weight is 1080 g/mol. The molecular formula is C72H118O6. The molecule has 78 heavy (non-hydrogen) atoms. The van der Waals surface area contributed by atoms with Crippen LogP contribution in [0.5, 0.6) is 0 Å². The SMILES string of the molecule is CC/C=C\C/C=C\C/C=C\C/C=C\C/C=C\C/C=C\CCCCCCC(=O)OC(COC(=O)CCCCCCCCCCCC)COC(=O)CCCCCCCCCCCCC/C=C\C/C=C\C/C=C\C/C=C\C/C=C\CC. The molecule has 0 saturated carbocycles. The van der Waals surface area contributed by atoms with Crippen LogP contribution >= 0.6 is 0 Å². The lowest BCUT2D eigenvalue weighted by Crippen LogP contribution is -2.30. The first-order chi connectivity index (χ1) is 38.5. The van der Waals surface area contributed by atoms with Crippen LogP contribution in [0.4, 0.5) is 0 Å². The van der Waals surface area contributed by atoms with Crippen LogP contribution in [0.15, 0.2) is 134 Å². The molecule has 0 N–H and O–H groups in total. The Kier molecular flexibility index (Phi) is 61.4. The van der Waals surface area contributed by atoms with Crippen molar-refractivity contribution in [3.8, 4) is 0 Å². The van der Waals surface area contributed by atoms with E-state index in [4.69, 9.17) is 14.2 Å². The van der Waals surface area contributed by atoms with Crippen LogP contribution in [0.3, 0.4) is 0 Å². The second-order valence-corrected chi connectivity index (χ2v) is 20.9. The third-order valence-electron chi connectivity index (χ3n) is 13.4. The Labute approximate surface area is 481 Å². The van der Waals surface area contributed by atoms with Crippen molar-refractivity contribution in [2.45, 2.75) is 290 Å². The van der Waals surface area contributed by atoms with Crippen LogP contribution in [-0.4, -0.2) is 37.2 Å². The van der Waals surface area contributed by atoms with E-state index < -0.39 is 6.10 Å². The summed E-state index contributed by atoms with van der Waals surface area (Å²) in [7, 11) is 0. The van der Waals surface area contributed by atoms with Crippen molar-refractivity contribution in [1.29, 1.82) is 0 Å². The molecule has 0 aromatic heterocycles. The van der Waals surface area contributed by atoms with Gasteiger partial charge in [-0.05, 0) is 116 Å². The molecular weight excluding hydrogens is 961 g/mol. The van der Waals surface area contributed by atoms with E-state index in [9.17, 15) is 14.4 Å². The summed E-state index contributed by atoms with van der Waals surface area (Å²) >= 11 is 0. The largest absolute Gasteiger partial charge is 0.462 e. The Hall–Kier alpha value is -4.45. The summed E-state index contributed by atoms with van der Waals surface area (Å²) in [5, 5.41) is 0. The predicted molar refractivity (Wildman–Crippen MR) is 339 cm³/mol. The van der Waals surface area contributed by atoms with Gasteiger partial charge in [0.05, 0.1) is 0 Å². The zero-order chi connectivity index (χ0) is 56.4. The highest BCUT2D eigenvalue weighted by atomic mass is 16.6. The first kappa shape index (κ1) is 73.5. The van der Waals surface area contributed by atoms with E-state index >= 15 is 0 Å². The van der Waals surface area contributed by atoms with Gasteiger partial charge in [0, 0.05) is 19.3 Å². The van der Waals surface area contributed by atoms with Crippen molar-refractivity contribution in [2.24, 2.45) is 0 Å². The number of esters is 3. The molecule has 0 aromatic rings. The minimum Gasteiger partial charge on any atom is -0.462 e. The van der Waals surface area contributed by atoms with Crippen molar-refractivity contribution in [1.82, 2.24) is 0 Å². The Balaban J connectivity index is 4.32. The fraction of sp³-hybridized carbons (Fsp3) is 0.653. The molecule has 0 saturated heterocycles. The molecule has 0 aromatic carbocycles. The highest BCUT2D eigenvalue weighted by molar-refractivity contribution is 5.71. The Bertz CT molecular complexity index is 1670. The second-order valence-electron chi connectivity index (χ2n) is 20.9. The third-order valence-corrected chi connectivity index (χ3v) is 13.4. The lowest BCUT2D eigenvalue weighted by molar-refractivity contribution is -0.167. The van der Waals surface area contributed by atoms with Crippen LogP contribution in [-0.2, 0) is 28.6 Å². The summed E-state index contributed by atoms with van der Waals surface area (Å²) in [4.78, 5) is 38.2. The van der Waals surface area contributed by atoms with Crippen molar-refractivity contribution in [3.05, 3.63) is 134 Å². The van der Waals surface area contributed by atoms with E-state index in [1.54, 1.807) is 0 Å². The predicted octanol–water partition coefficient (Wildman–Crippen LogP) is 22.2. The molecule has 0 bridgehead atoms. The number of carbonyl (C=O) groups is 3. The van der Waals surface area contributed by atoms with Gasteiger partial charge in [-0.15, -0.1) is 0 Å². The van der Waals surface area contributed by atoms with E-state index in [2.05, 4.69) is 154 Å². The molecule has 0 heterocycles. The summed E-state index contributed by atoms with van der Waals surface area (Å²) in [6.45, 7) is 6.39. The normalized spacial score (nSPS) is 13.0. The summed E-state index contributed by atoms with van der Waals surface area (Å²) in [6.07, 6.45) is 91.7. The van der Waals surface area contributed by atoms with Gasteiger partial charge in [-0.3, -0.25) is 14.4 Å². The number of rotatable bonds is 57. The number of unbranched alkanes of at least 4 members (excludes halogenated alkanes) is 24. The lowest BCUT2D eigenvalue weighted by atomic mass is 10.0. The van der Waals surface area contributed by atoms with Crippen molar-refractivity contribution in [2.75, 3.05) is 13.2 Å². The lowest BCUT2D eigenvalue weighted by Gasteiger charge is -2.18. The van der Waals surface area contributed by atoms with Gasteiger partial charge in [0.15, 0.2) is 6.10 Å². The van der Waals surface area contributed by atoms with Gasteiger partial charge in [-0.1, -0.05) is 283 Å². The number of hydrogen-bond acceptors (Lipinski definition) is 6. The standard InChI is InChI=1S/C72H118O6/c1-4-7-10-13-16-19-22-24-26-28-30-32-34-35-36-37-39-40-42-44-46-48-50-53-56-59-62-65-71(74)77-68-69(67-76-70(73)64-61-58-55-52-21-18-15-12-9-6-3)78-72(75)66-63-60-57-54-51-49-47-45-43-41-38-33-31-29-27-25-23-20-17-14-11-8-5-2/h7-8,10-11,16-17,19-20,24-27,30-33,35-36,41,43,47,49,69H,4-6,9,12-15,18,21-23,28-29,34,37-40,42,44-46,48,50-68H2,1-3H3/b10-7-,11-8-,19-16-,20-17-,26-24-,27-25-,32-30-,33-31-,36-35-,43-41-,49-47-. The molecule has 0 fully saturated rings. The van der Waals surface area contributed by atoms with Gasteiger partial charge in [-0.25, -0.2) is 0 Å². The maximum atomic E-state index is 12.9. The van der Waals surface area contributed by atoms with Gasteiger partial charge < -0.3 is 14.2 Å². The van der Waals surface area contributed by atoms with Gasteiger partial charge >= 0.3 is 17.9 Å². The van der Waals surface area contributed by atoms with Gasteiger partial charge in [0.2, 0.25) is 0 Å². The first-order valence-corrected chi connectivity index (χ1v) is 32.2. The Morgan fingerprint density at radius 3 is 0.782 bits per heavy atom. The van der Waals surface area contributed by atoms with Crippen LogP contribution in [0.2, 0.25) is 0 Å². The molecule has 6 heteroatoms. The van der Waals surface area contributed by atoms with E-state index in [0.717, 1.165) is 141 Å². The fourth-order valence-electron chi connectivity index (χ4n) is 8.65. The topological polar surface area (TPSA) is 78.9 Å². The number of carbonyl (C=O) groups excluding carboxylic acids is 3. The number of ether oxygens (including phenoxy) is 3. The molecule has 6 nitrogen and oxygen atoms in total. The van der Waals surface area contributed by atoms with Gasteiger partial charge in [-0.2, -0.15) is 0 Å². The summed E-state index contributed by atoms with van der Waals surface area (Å²) in [5.74, 6) is -0.918. The maximum Gasteiger partial charge on any atom is 0.306 e. The van der Waals surface area contributed by atoms with Crippen molar-refractivity contribution in [3.63, 3.8) is 0 Å². The summed E-state index contributed by atoms with van der Waals surface area (Å²) in [6, 6.07) is 0. The molecule has 0 aliphatic carbocycles. The van der Waals surface area contributed by atoms with Gasteiger partial charge in [0.1, 0.15) is 13.2 Å². The van der Waals surface area contributed by atoms with E-state index in [1.807, 2.05) is 0 Å². The average Bonchev–Trinajstić information content (AvgIpc) is 3.44. The fourth-order valence-corrected chi connectivity index (χ4v) is 8.65. The minimum atomic E-state index is -0.796. The van der Waals surface area contributed by atoms with E-state index in [0.29, 0.717) is 19.3 Å².